The molecular formula is C11H16N6OS. The maximum absolute atomic E-state index is 12.0. The Labute approximate surface area is 115 Å². The van der Waals surface area contributed by atoms with E-state index in [1.807, 2.05) is 6.92 Å². The Morgan fingerprint density at radius 3 is 2.95 bits per heavy atom. The first-order valence-corrected chi connectivity index (χ1v) is 6.70. The van der Waals surface area contributed by atoms with Crippen LogP contribution in [0.1, 0.15) is 16.3 Å². The van der Waals surface area contributed by atoms with Gasteiger partial charge >= 0.3 is 0 Å². The maximum Gasteiger partial charge on any atom is 0.244 e. The first-order valence-electron chi connectivity index (χ1n) is 5.82. The van der Waals surface area contributed by atoms with E-state index >= 15 is 0 Å². The van der Waals surface area contributed by atoms with Gasteiger partial charge in [0.05, 0.1) is 29.6 Å². The van der Waals surface area contributed by atoms with Crippen molar-refractivity contribution in [3.8, 4) is 0 Å². The molecule has 0 aliphatic rings. The van der Waals surface area contributed by atoms with Gasteiger partial charge in [0.1, 0.15) is 6.54 Å². The topological polar surface area (TPSA) is 89.9 Å². The lowest BCUT2D eigenvalue weighted by molar-refractivity contribution is -0.131. The molecule has 102 valence electrons. The standard InChI is InChI=1S/C11H16N6OS/c1-8-10(19-7-13-8)5-16(2)11(18)6-17-4-9(3-12)14-15-17/h4,7H,3,5-6,12H2,1-2H3. The fourth-order valence-corrected chi connectivity index (χ4v) is 2.38. The molecule has 0 bridgehead atoms. The summed E-state index contributed by atoms with van der Waals surface area (Å²) in [6.07, 6.45) is 1.68. The molecule has 7 nitrogen and oxygen atoms in total. The van der Waals surface area contributed by atoms with Crippen molar-refractivity contribution in [3.63, 3.8) is 0 Å². The third kappa shape index (κ3) is 3.36. The summed E-state index contributed by atoms with van der Waals surface area (Å²) in [5, 5.41) is 7.70. The Hall–Kier alpha value is -1.80. The maximum atomic E-state index is 12.0. The highest BCUT2D eigenvalue weighted by Gasteiger charge is 2.13. The molecule has 2 rings (SSSR count). The number of carbonyl (C=O) groups excluding carboxylic acids is 1. The zero-order valence-electron chi connectivity index (χ0n) is 10.9. The van der Waals surface area contributed by atoms with Crippen LogP contribution in [0.5, 0.6) is 0 Å². The van der Waals surface area contributed by atoms with E-state index in [0.29, 0.717) is 18.8 Å². The number of hydrogen-bond donors (Lipinski definition) is 1. The first-order chi connectivity index (χ1) is 9.10. The van der Waals surface area contributed by atoms with Crippen molar-refractivity contribution in [1.29, 1.82) is 0 Å². The Bertz CT molecular complexity index is 563. The van der Waals surface area contributed by atoms with E-state index in [-0.39, 0.29) is 12.5 Å². The van der Waals surface area contributed by atoms with Crippen molar-refractivity contribution in [2.24, 2.45) is 5.73 Å². The Morgan fingerprint density at radius 2 is 2.37 bits per heavy atom. The minimum absolute atomic E-state index is 0.0266. The third-order valence-electron chi connectivity index (χ3n) is 2.74. The minimum atomic E-state index is -0.0266. The fraction of sp³-hybridized carbons (Fsp3) is 0.455. The van der Waals surface area contributed by atoms with Crippen LogP contribution in [0.3, 0.4) is 0 Å². The number of nitrogens with two attached hydrogens (primary N) is 1. The molecule has 0 aromatic carbocycles. The molecule has 19 heavy (non-hydrogen) atoms. The molecule has 0 atom stereocenters. The molecule has 0 aliphatic carbocycles. The van der Waals surface area contributed by atoms with Gasteiger partial charge in [-0.05, 0) is 6.92 Å². The van der Waals surface area contributed by atoms with E-state index in [1.54, 1.807) is 35.0 Å². The number of thiazole rings is 1. The van der Waals surface area contributed by atoms with Crippen LogP contribution in [0.2, 0.25) is 0 Å². The first kappa shape index (κ1) is 13.6. The quantitative estimate of drug-likeness (QED) is 0.842. The average Bonchev–Trinajstić information content (AvgIpc) is 2.99. The van der Waals surface area contributed by atoms with Gasteiger partial charge in [0.2, 0.25) is 5.91 Å². The highest BCUT2D eigenvalue weighted by atomic mass is 32.1. The summed E-state index contributed by atoms with van der Waals surface area (Å²) in [6, 6.07) is 0. The molecule has 0 radical (unpaired) electrons. The van der Waals surface area contributed by atoms with E-state index in [0.717, 1.165) is 10.6 Å². The lowest BCUT2D eigenvalue weighted by Gasteiger charge is -2.16. The normalized spacial score (nSPS) is 10.7. The van der Waals surface area contributed by atoms with Gasteiger partial charge in [-0.1, -0.05) is 5.21 Å². The SMILES string of the molecule is Cc1ncsc1CN(C)C(=O)Cn1cc(CN)nn1. The summed E-state index contributed by atoms with van der Waals surface area (Å²) in [5.74, 6) is -0.0266. The summed E-state index contributed by atoms with van der Waals surface area (Å²) in [7, 11) is 1.77. The smallest absolute Gasteiger partial charge is 0.244 e. The number of amides is 1. The largest absolute Gasteiger partial charge is 0.339 e. The predicted octanol–water partition coefficient (Wildman–Crippen LogP) is 0.160. The van der Waals surface area contributed by atoms with Crippen molar-refractivity contribution in [3.05, 3.63) is 28.0 Å². The second kappa shape index (κ2) is 5.89. The molecule has 0 saturated carbocycles. The van der Waals surface area contributed by atoms with Gasteiger partial charge in [0.15, 0.2) is 0 Å². The van der Waals surface area contributed by atoms with E-state index in [2.05, 4.69) is 15.3 Å². The third-order valence-corrected chi connectivity index (χ3v) is 3.66. The van der Waals surface area contributed by atoms with Crippen LogP contribution in [0.15, 0.2) is 11.7 Å². The molecule has 0 spiro atoms. The summed E-state index contributed by atoms with van der Waals surface area (Å²) in [4.78, 5) is 19.0. The average molecular weight is 280 g/mol. The van der Waals surface area contributed by atoms with Crippen molar-refractivity contribution in [1.82, 2.24) is 24.9 Å². The van der Waals surface area contributed by atoms with Crippen LogP contribution in [-0.4, -0.2) is 37.8 Å². The van der Waals surface area contributed by atoms with Crippen molar-refractivity contribution >= 4 is 17.2 Å². The van der Waals surface area contributed by atoms with E-state index in [9.17, 15) is 4.79 Å². The van der Waals surface area contributed by atoms with Crippen LogP contribution in [-0.2, 0) is 24.4 Å². The van der Waals surface area contributed by atoms with Crippen LogP contribution >= 0.6 is 11.3 Å². The lowest BCUT2D eigenvalue weighted by atomic mass is 10.3. The number of aromatic nitrogens is 4. The van der Waals surface area contributed by atoms with Gasteiger partial charge in [-0.2, -0.15) is 0 Å². The summed E-state index contributed by atoms with van der Waals surface area (Å²) in [6.45, 7) is 2.99. The van der Waals surface area contributed by atoms with Gasteiger partial charge in [-0.3, -0.25) is 4.79 Å². The summed E-state index contributed by atoms with van der Waals surface area (Å²) < 4.78 is 1.50. The monoisotopic (exact) mass is 280 g/mol. The number of hydrogen-bond acceptors (Lipinski definition) is 6. The molecule has 2 N–H and O–H groups in total. The molecule has 2 aromatic rings. The van der Waals surface area contributed by atoms with Gasteiger partial charge in [0, 0.05) is 18.5 Å². The molecule has 1 amide bonds. The van der Waals surface area contributed by atoms with Crippen LogP contribution in [0.25, 0.3) is 0 Å². The molecule has 0 saturated heterocycles. The highest BCUT2D eigenvalue weighted by Crippen LogP contribution is 2.14. The van der Waals surface area contributed by atoms with Crippen LogP contribution in [0, 0.1) is 6.92 Å². The molecule has 0 fully saturated rings. The lowest BCUT2D eigenvalue weighted by Crippen LogP contribution is -2.29. The fourth-order valence-electron chi connectivity index (χ4n) is 1.55. The Balaban J connectivity index is 1.94. The molecule has 0 unspecified atom stereocenters. The number of carbonyl (C=O) groups is 1. The zero-order chi connectivity index (χ0) is 13.8. The molecule has 8 heteroatoms. The van der Waals surface area contributed by atoms with Crippen molar-refractivity contribution < 1.29 is 4.79 Å². The van der Waals surface area contributed by atoms with Gasteiger partial charge in [0.25, 0.3) is 0 Å². The number of rotatable bonds is 5. The second-order valence-electron chi connectivity index (χ2n) is 4.22. The van der Waals surface area contributed by atoms with Crippen LogP contribution < -0.4 is 5.73 Å². The molecule has 2 aromatic heterocycles. The van der Waals surface area contributed by atoms with Crippen LogP contribution in [0.4, 0.5) is 0 Å². The molecule has 0 aliphatic heterocycles. The Morgan fingerprint density at radius 1 is 1.58 bits per heavy atom. The highest BCUT2D eigenvalue weighted by molar-refractivity contribution is 7.09. The molecule has 2 heterocycles. The van der Waals surface area contributed by atoms with Gasteiger partial charge < -0.3 is 10.6 Å². The van der Waals surface area contributed by atoms with E-state index in [1.165, 1.54) is 4.68 Å². The minimum Gasteiger partial charge on any atom is -0.339 e. The zero-order valence-corrected chi connectivity index (χ0v) is 11.7. The number of nitrogens with zero attached hydrogens (tertiary/aromatic N) is 5. The van der Waals surface area contributed by atoms with Crippen molar-refractivity contribution in [2.75, 3.05) is 7.05 Å². The van der Waals surface area contributed by atoms with Crippen molar-refractivity contribution in [2.45, 2.75) is 26.6 Å². The van der Waals surface area contributed by atoms with Gasteiger partial charge in [-0.25, -0.2) is 9.67 Å². The van der Waals surface area contributed by atoms with E-state index < -0.39 is 0 Å². The summed E-state index contributed by atoms with van der Waals surface area (Å²) in [5.41, 5.74) is 8.87. The molecular weight excluding hydrogens is 264 g/mol. The number of likely N-dealkylation sites (N-methyl/N-ethyl adjacent to an activating group) is 1. The number of aryl methyl sites for hydroxylation is 1. The Kier molecular flexibility index (Phi) is 4.23. The predicted molar refractivity (Wildman–Crippen MR) is 71.2 cm³/mol. The second-order valence-corrected chi connectivity index (χ2v) is 5.16. The van der Waals surface area contributed by atoms with Gasteiger partial charge in [-0.15, -0.1) is 16.4 Å². The summed E-state index contributed by atoms with van der Waals surface area (Å²) >= 11 is 1.55. The van der Waals surface area contributed by atoms with E-state index in [4.69, 9.17) is 5.73 Å².